The average molecular weight is 470 g/mol. The van der Waals surface area contributed by atoms with Crippen molar-refractivity contribution in [1.29, 1.82) is 0 Å². The van der Waals surface area contributed by atoms with Gasteiger partial charge in [0.2, 0.25) is 16.8 Å². The highest BCUT2D eigenvalue weighted by molar-refractivity contribution is 7.93. The molecule has 1 aliphatic heterocycles. The summed E-state index contributed by atoms with van der Waals surface area (Å²) in [5, 5.41) is 0.381. The first-order valence-electron chi connectivity index (χ1n) is 8.69. The molecule has 1 N–H and O–H groups in total. The number of sulfonamides is 1. The molecule has 1 aliphatic rings. The van der Waals surface area contributed by atoms with Crippen LogP contribution in [-0.2, 0) is 19.9 Å². The molecule has 7 nitrogen and oxygen atoms in total. The molecule has 1 atom stereocenters. The van der Waals surface area contributed by atoms with Crippen molar-refractivity contribution < 1.29 is 30.7 Å². The third-order valence-corrected chi connectivity index (χ3v) is 9.46. The van der Waals surface area contributed by atoms with Gasteiger partial charge in [-0.15, -0.1) is 11.3 Å². The molecule has 2 heterocycles. The van der Waals surface area contributed by atoms with Crippen LogP contribution in [-0.4, -0.2) is 30.2 Å². The number of sulfone groups is 1. The smallest absolute Gasteiger partial charge is 0.240 e. The maximum atomic E-state index is 13.3. The lowest BCUT2D eigenvalue weighted by Crippen LogP contribution is -2.31. The van der Waals surface area contributed by atoms with E-state index >= 15 is 0 Å². The Balaban J connectivity index is 1.64. The highest BCUT2D eigenvalue weighted by Gasteiger charge is 2.32. The summed E-state index contributed by atoms with van der Waals surface area (Å²) < 4.78 is 78.0. The molecule has 1 unspecified atom stereocenters. The SMILES string of the molecule is O=S(=O)(NCC(c1ccc(F)cc1)S(=O)(=O)c1cccs1)c1ccc2c(c1)OCO2. The molecule has 0 bridgehead atoms. The Morgan fingerprint density at radius 2 is 1.73 bits per heavy atom. The van der Waals surface area contributed by atoms with Crippen LogP contribution in [0.4, 0.5) is 4.39 Å². The lowest BCUT2D eigenvalue weighted by atomic mass is 10.1. The Bertz CT molecular complexity index is 1260. The fraction of sp³-hybridized carbons (Fsp3) is 0.158. The van der Waals surface area contributed by atoms with E-state index in [0.717, 1.165) is 23.5 Å². The summed E-state index contributed by atoms with van der Waals surface area (Å²) in [5.74, 6) is 0.199. The minimum atomic E-state index is -4.04. The van der Waals surface area contributed by atoms with Gasteiger partial charge < -0.3 is 9.47 Å². The molecule has 0 amide bonds. The van der Waals surface area contributed by atoms with E-state index in [1.807, 2.05) is 0 Å². The van der Waals surface area contributed by atoms with E-state index in [1.54, 1.807) is 11.4 Å². The van der Waals surface area contributed by atoms with Crippen LogP contribution in [0, 0.1) is 5.82 Å². The van der Waals surface area contributed by atoms with Gasteiger partial charge in [-0.05, 0) is 41.3 Å². The van der Waals surface area contributed by atoms with Crippen molar-refractivity contribution in [2.75, 3.05) is 13.3 Å². The average Bonchev–Trinajstić information content (AvgIpc) is 3.41. The molecule has 0 saturated carbocycles. The Kier molecular flexibility index (Phi) is 5.53. The fourth-order valence-corrected chi connectivity index (χ4v) is 7.00. The van der Waals surface area contributed by atoms with E-state index in [0.29, 0.717) is 11.5 Å². The predicted molar refractivity (Wildman–Crippen MR) is 108 cm³/mol. The zero-order valence-corrected chi connectivity index (χ0v) is 17.8. The topological polar surface area (TPSA) is 98.8 Å². The number of halogens is 1. The summed E-state index contributed by atoms with van der Waals surface area (Å²) in [5.41, 5.74) is 0.276. The van der Waals surface area contributed by atoms with Crippen LogP contribution < -0.4 is 14.2 Å². The Labute approximate surface area is 177 Å². The fourth-order valence-electron chi connectivity index (χ4n) is 2.96. The van der Waals surface area contributed by atoms with Crippen LogP contribution in [0.1, 0.15) is 10.8 Å². The van der Waals surface area contributed by atoms with E-state index in [-0.39, 0.29) is 21.5 Å². The molecule has 1 aromatic heterocycles. The van der Waals surface area contributed by atoms with Crippen LogP contribution >= 0.6 is 11.3 Å². The lowest BCUT2D eigenvalue weighted by molar-refractivity contribution is 0.174. The number of nitrogens with one attached hydrogen (secondary N) is 1. The molecule has 158 valence electrons. The summed E-state index contributed by atoms with van der Waals surface area (Å²) in [7, 11) is -7.96. The second kappa shape index (κ2) is 7.99. The minimum absolute atomic E-state index is 0.00202. The summed E-state index contributed by atoms with van der Waals surface area (Å²) in [4.78, 5) is -0.0851. The molecular formula is C19H16FNO6S3. The summed E-state index contributed by atoms with van der Waals surface area (Å²) in [6.45, 7) is -0.430. The molecule has 0 radical (unpaired) electrons. The standard InChI is InChI=1S/C19H16FNO6S3/c20-14-5-3-13(4-6-14)18(29(22,23)19-2-1-9-28-19)11-21-30(24,25)15-7-8-16-17(10-15)27-12-26-16/h1-10,18,21H,11-12H2. The first-order chi connectivity index (χ1) is 14.3. The number of fused-ring (bicyclic) bond motifs is 1. The number of ether oxygens (including phenoxy) is 2. The highest BCUT2D eigenvalue weighted by atomic mass is 32.2. The van der Waals surface area contributed by atoms with Crippen molar-refractivity contribution in [3.05, 3.63) is 71.4 Å². The number of benzene rings is 2. The van der Waals surface area contributed by atoms with Crippen molar-refractivity contribution >= 4 is 31.2 Å². The van der Waals surface area contributed by atoms with Crippen molar-refractivity contribution in [1.82, 2.24) is 4.72 Å². The molecule has 30 heavy (non-hydrogen) atoms. The van der Waals surface area contributed by atoms with Gasteiger partial charge in [0.25, 0.3) is 0 Å². The monoisotopic (exact) mass is 469 g/mol. The van der Waals surface area contributed by atoms with Crippen molar-refractivity contribution in [3.8, 4) is 11.5 Å². The molecule has 3 aromatic rings. The molecule has 4 rings (SSSR count). The molecule has 11 heteroatoms. The molecular weight excluding hydrogens is 453 g/mol. The molecule has 2 aromatic carbocycles. The molecule has 0 aliphatic carbocycles. The van der Waals surface area contributed by atoms with Crippen LogP contribution in [0.15, 0.2) is 69.1 Å². The van der Waals surface area contributed by atoms with E-state index in [2.05, 4.69) is 4.72 Å². The first-order valence-corrected chi connectivity index (χ1v) is 12.6. The summed E-state index contributed by atoms with van der Waals surface area (Å²) >= 11 is 1.03. The van der Waals surface area contributed by atoms with E-state index in [4.69, 9.17) is 9.47 Å². The maximum Gasteiger partial charge on any atom is 0.240 e. The quantitative estimate of drug-likeness (QED) is 0.571. The molecule has 0 fully saturated rings. The Morgan fingerprint density at radius 1 is 1.00 bits per heavy atom. The highest BCUT2D eigenvalue weighted by Crippen LogP contribution is 2.35. The second-order valence-corrected chi connectivity index (χ2v) is 11.5. The zero-order chi connectivity index (χ0) is 21.4. The molecule has 0 saturated heterocycles. The van der Waals surface area contributed by atoms with Gasteiger partial charge in [-0.3, -0.25) is 0 Å². The van der Waals surface area contributed by atoms with Gasteiger partial charge in [0, 0.05) is 12.6 Å². The van der Waals surface area contributed by atoms with Gasteiger partial charge in [-0.25, -0.2) is 25.9 Å². The van der Waals surface area contributed by atoms with Gasteiger partial charge in [0.1, 0.15) is 15.3 Å². The Hall–Kier alpha value is -2.47. The number of thiophene rings is 1. The van der Waals surface area contributed by atoms with Gasteiger partial charge in [-0.2, -0.15) is 0 Å². The number of hydrogen-bond acceptors (Lipinski definition) is 7. The normalized spacial score (nSPS) is 14.6. The Morgan fingerprint density at radius 3 is 2.43 bits per heavy atom. The van der Waals surface area contributed by atoms with Crippen LogP contribution in [0.5, 0.6) is 11.5 Å². The van der Waals surface area contributed by atoms with Gasteiger partial charge >= 0.3 is 0 Å². The van der Waals surface area contributed by atoms with Crippen LogP contribution in [0.25, 0.3) is 0 Å². The van der Waals surface area contributed by atoms with Gasteiger partial charge in [-0.1, -0.05) is 18.2 Å². The minimum Gasteiger partial charge on any atom is -0.454 e. The third kappa shape index (κ3) is 4.06. The van der Waals surface area contributed by atoms with Crippen molar-refractivity contribution in [2.24, 2.45) is 0 Å². The van der Waals surface area contributed by atoms with Crippen molar-refractivity contribution in [3.63, 3.8) is 0 Å². The third-order valence-electron chi connectivity index (χ3n) is 4.50. The van der Waals surface area contributed by atoms with Crippen molar-refractivity contribution in [2.45, 2.75) is 14.4 Å². The van der Waals surface area contributed by atoms with Gasteiger partial charge in [0.15, 0.2) is 21.3 Å². The number of hydrogen-bond donors (Lipinski definition) is 1. The second-order valence-electron chi connectivity index (χ2n) is 6.38. The van der Waals surface area contributed by atoms with Crippen LogP contribution in [0.3, 0.4) is 0 Å². The summed E-state index contributed by atoms with van der Waals surface area (Å²) in [6.07, 6.45) is 0. The van der Waals surface area contributed by atoms with Gasteiger partial charge in [0.05, 0.1) is 4.90 Å². The summed E-state index contributed by atoms with van der Waals surface area (Å²) in [6, 6.07) is 12.1. The first kappa shape index (κ1) is 20.8. The van der Waals surface area contributed by atoms with E-state index < -0.39 is 37.5 Å². The van der Waals surface area contributed by atoms with E-state index in [1.165, 1.54) is 36.4 Å². The zero-order valence-electron chi connectivity index (χ0n) is 15.3. The molecule has 0 spiro atoms. The number of rotatable bonds is 7. The largest absolute Gasteiger partial charge is 0.454 e. The predicted octanol–water partition coefficient (Wildman–Crippen LogP) is 3.11. The maximum absolute atomic E-state index is 13.3. The lowest BCUT2D eigenvalue weighted by Gasteiger charge is -2.18. The van der Waals surface area contributed by atoms with Crippen LogP contribution in [0.2, 0.25) is 0 Å². The van der Waals surface area contributed by atoms with E-state index in [9.17, 15) is 21.2 Å².